The summed E-state index contributed by atoms with van der Waals surface area (Å²) in [5, 5.41) is 3.55. The Labute approximate surface area is 138 Å². The van der Waals surface area contributed by atoms with Crippen LogP contribution >= 0.6 is 0 Å². The highest BCUT2D eigenvalue weighted by Crippen LogP contribution is 2.14. The van der Waals surface area contributed by atoms with E-state index in [2.05, 4.69) is 63.7 Å². The zero-order valence-corrected chi connectivity index (χ0v) is 16.0. The molecule has 0 radical (unpaired) electrons. The van der Waals surface area contributed by atoms with Gasteiger partial charge in [-0.15, -0.1) is 0 Å². The van der Waals surface area contributed by atoms with Gasteiger partial charge in [-0.05, 0) is 52.7 Å². The van der Waals surface area contributed by atoms with Crippen LogP contribution in [0.4, 0.5) is 0 Å². The van der Waals surface area contributed by atoms with Crippen molar-refractivity contribution in [3.05, 3.63) is 0 Å². The Bertz CT molecular complexity index is 306. The van der Waals surface area contributed by atoms with Gasteiger partial charge in [-0.25, -0.2) is 0 Å². The molecule has 0 amide bonds. The number of ether oxygens (including phenoxy) is 1. The van der Waals surface area contributed by atoms with Crippen molar-refractivity contribution in [2.45, 2.75) is 59.6 Å². The third kappa shape index (κ3) is 9.78. The topological polar surface area (TPSA) is 27.7 Å². The first kappa shape index (κ1) is 19.9. The third-order valence-corrected chi connectivity index (χ3v) is 3.84. The van der Waals surface area contributed by atoms with Gasteiger partial charge >= 0.3 is 0 Å². The van der Waals surface area contributed by atoms with Crippen molar-refractivity contribution in [3.63, 3.8) is 0 Å². The zero-order valence-electron chi connectivity index (χ0n) is 16.0. The molecular formula is C18H39N3O. The number of nitrogens with zero attached hydrogens (tertiary/aromatic N) is 2. The molecule has 1 rings (SSSR count). The lowest BCUT2D eigenvalue weighted by Gasteiger charge is -2.35. The Morgan fingerprint density at radius 2 is 1.86 bits per heavy atom. The Hall–Kier alpha value is -0.160. The maximum Gasteiger partial charge on any atom is 0.0826 e. The van der Waals surface area contributed by atoms with Crippen molar-refractivity contribution in [2.75, 3.05) is 52.9 Å². The van der Waals surface area contributed by atoms with Crippen LogP contribution in [0.1, 0.15) is 48.0 Å². The second-order valence-corrected chi connectivity index (χ2v) is 9.08. The first-order valence-electron chi connectivity index (χ1n) is 8.83. The molecule has 0 saturated carbocycles. The Morgan fingerprint density at radius 3 is 2.45 bits per heavy atom. The average molecular weight is 314 g/mol. The van der Waals surface area contributed by atoms with Crippen LogP contribution in [-0.4, -0.2) is 74.4 Å². The number of rotatable bonds is 7. The molecule has 22 heavy (non-hydrogen) atoms. The van der Waals surface area contributed by atoms with Gasteiger partial charge in [0, 0.05) is 31.7 Å². The minimum Gasteiger partial charge on any atom is -0.374 e. The maximum absolute atomic E-state index is 5.88. The summed E-state index contributed by atoms with van der Waals surface area (Å²) in [5.41, 5.74) is 0.554. The molecule has 4 nitrogen and oxygen atoms in total. The molecule has 0 aromatic heterocycles. The second-order valence-electron chi connectivity index (χ2n) is 9.08. The molecule has 1 aliphatic rings. The molecule has 0 spiro atoms. The molecule has 0 bridgehead atoms. The van der Waals surface area contributed by atoms with Crippen molar-refractivity contribution in [1.82, 2.24) is 15.1 Å². The molecule has 4 heteroatoms. The van der Waals surface area contributed by atoms with E-state index in [9.17, 15) is 0 Å². The van der Waals surface area contributed by atoms with Gasteiger partial charge in [-0.3, -0.25) is 4.90 Å². The summed E-state index contributed by atoms with van der Waals surface area (Å²) >= 11 is 0. The number of morpholine rings is 1. The monoisotopic (exact) mass is 313 g/mol. The Balaban J connectivity index is 2.20. The predicted octanol–water partition coefficient (Wildman–Crippen LogP) is 2.44. The van der Waals surface area contributed by atoms with Crippen LogP contribution in [0.3, 0.4) is 0 Å². The van der Waals surface area contributed by atoms with Gasteiger partial charge in [0.15, 0.2) is 0 Å². The van der Waals surface area contributed by atoms with E-state index >= 15 is 0 Å². The molecule has 1 atom stereocenters. The van der Waals surface area contributed by atoms with Gasteiger partial charge in [-0.2, -0.15) is 0 Å². The number of nitrogens with one attached hydrogen (secondary N) is 1. The summed E-state index contributed by atoms with van der Waals surface area (Å²) in [5.74, 6) is 0. The number of hydrogen-bond acceptors (Lipinski definition) is 4. The fourth-order valence-corrected chi connectivity index (χ4v) is 2.98. The molecule has 0 aliphatic carbocycles. The molecule has 132 valence electrons. The smallest absolute Gasteiger partial charge is 0.0826 e. The van der Waals surface area contributed by atoms with E-state index < -0.39 is 0 Å². The fraction of sp³-hybridized carbons (Fsp3) is 1.00. The molecule has 1 aliphatic heterocycles. The fourth-order valence-electron chi connectivity index (χ4n) is 2.98. The van der Waals surface area contributed by atoms with Crippen LogP contribution < -0.4 is 5.32 Å². The van der Waals surface area contributed by atoms with Gasteiger partial charge < -0.3 is 15.0 Å². The van der Waals surface area contributed by atoms with Crippen molar-refractivity contribution in [3.8, 4) is 0 Å². The highest BCUT2D eigenvalue weighted by Gasteiger charge is 2.22. The molecular weight excluding hydrogens is 274 g/mol. The standard InChI is InChI=1S/C18H39N3O/c1-17(2,3)15-20(7)9-8-10-21-11-12-22-16(14-21)13-19-18(4,5)6/h16,19H,8-15H2,1-7H3/t16-/m1/s1. The van der Waals surface area contributed by atoms with Gasteiger partial charge in [0.25, 0.3) is 0 Å². The van der Waals surface area contributed by atoms with E-state index in [-0.39, 0.29) is 5.54 Å². The normalized spacial score (nSPS) is 21.5. The largest absolute Gasteiger partial charge is 0.374 e. The van der Waals surface area contributed by atoms with Crippen LogP contribution in [0.15, 0.2) is 0 Å². The lowest BCUT2D eigenvalue weighted by atomic mass is 9.96. The quantitative estimate of drug-likeness (QED) is 0.781. The summed E-state index contributed by atoms with van der Waals surface area (Å²) in [6.07, 6.45) is 1.58. The van der Waals surface area contributed by atoms with Gasteiger partial charge in [0.1, 0.15) is 0 Å². The Morgan fingerprint density at radius 1 is 1.18 bits per heavy atom. The van der Waals surface area contributed by atoms with Crippen molar-refractivity contribution < 1.29 is 4.74 Å². The molecule has 1 saturated heterocycles. The van der Waals surface area contributed by atoms with Gasteiger partial charge in [-0.1, -0.05) is 20.8 Å². The van der Waals surface area contributed by atoms with Crippen LogP contribution in [0.25, 0.3) is 0 Å². The average Bonchev–Trinajstić information content (AvgIpc) is 2.34. The molecule has 0 unspecified atom stereocenters. The molecule has 1 N–H and O–H groups in total. The molecule has 0 aromatic rings. The maximum atomic E-state index is 5.88. The molecule has 1 heterocycles. The third-order valence-electron chi connectivity index (χ3n) is 3.84. The van der Waals surface area contributed by atoms with Crippen molar-refractivity contribution >= 4 is 0 Å². The van der Waals surface area contributed by atoms with Crippen LogP contribution in [-0.2, 0) is 4.74 Å². The zero-order chi connectivity index (χ0) is 16.8. The lowest BCUT2D eigenvalue weighted by Crippen LogP contribution is -2.50. The van der Waals surface area contributed by atoms with E-state index in [1.165, 1.54) is 19.5 Å². The van der Waals surface area contributed by atoms with E-state index in [0.29, 0.717) is 11.5 Å². The highest BCUT2D eigenvalue weighted by atomic mass is 16.5. The Kier molecular flexibility index (Phi) is 7.80. The summed E-state index contributed by atoms with van der Waals surface area (Å²) in [6, 6.07) is 0. The molecule has 1 fully saturated rings. The van der Waals surface area contributed by atoms with Gasteiger partial charge in [0.2, 0.25) is 0 Å². The lowest BCUT2D eigenvalue weighted by molar-refractivity contribution is -0.0301. The summed E-state index contributed by atoms with van der Waals surface area (Å²) in [6.45, 7) is 21.0. The van der Waals surface area contributed by atoms with E-state index in [1.807, 2.05) is 0 Å². The van der Waals surface area contributed by atoms with Gasteiger partial charge in [0.05, 0.1) is 12.7 Å². The van der Waals surface area contributed by atoms with Crippen molar-refractivity contribution in [2.24, 2.45) is 5.41 Å². The van der Waals surface area contributed by atoms with Crippen LogP contribution in [0.2, 0.25) is 0 Å². The summed E-state index contributed by atoms with van der Waals surface area (Å²) in [4.78, 5) is 5.02. The first-order valence-corrected chi connectivity index (χ1v) is 8.83. The van der Waals surface area contributed by atoms with E-state index in [1.54, 1.807) is 0 Å². The number of hydrogen-bond donors (Lipinski definition) is 1. The second kappa shape index (κ2) is 8.62. The van der Waals surface area contributed by atoms with Crippen LogP contribution in [0.5, 0.6) is 0 Å². The van der Waals surface area contributed by atoms with Crippen molar-refractivity contribution in [1.29, 1.82) is 0 Å². The summed E-state index contributed by atoms with van der Waals surface area (Å²) < 4.78 is 5.88. The molecule has 0 aromatic carbocycles. The summed E-state index contributed by atoms with van der Waals surface area (Å²) in [7, 11) is 2.24. The van der Waals surface area contributed by atoms with E-state index in [4.69, 9.17) is 4.74 Å². The van der Waals surface area contributed by atoms with Crippen LogP contribution in [0, 0.1) is 5.41 Å². The predicted molar refractivity (Wildman–Crippen MR) is 95.5 cm³/mol. The van der Waals surface area contributed by atoms with E-state index in [0.717, 1.165) is 32.8 Å². The minimum atomic E-state index is 0.168. The SMILES string of the molecule is CN(CCCN1CCO[C@H](CNC(C)(C)C)C1)CC(C)(C)C. The first-order chi connectivity index (χ1) is 10.1. The highest BCUT2D eigenvalue weighted by molar-refractivity contribution is 4.78. The minimum absolute atomic E-state index is 0.168.